The molecule has 0 radical (unpaired) electrons. The lowest BCUT2D eigenvalue weighted by atomic mass is 9.87. The van der Waals surface area contributed by atoms with Crippen molar-refractivity contribution in [3.05, 3.63) is 42.4 Å². The summed E-state index contributed by atoms with van der Waals surface area (Å²) >= 11 is 0. The fourth-order valence-corrected chi connectivity index (χ4v) is 3.70. The molecule has 3 saturated heterocycles. The summed E-state index contributed by atoms with van der Waals surface area (Å²) in [6.07, 6.45) is 5.66. The van der Waals surface area contributed by atoms with Crippen molar-refractivity contribution in [3.8, 4) is 5.82 Å². The van der Waals surface area contributed by atoms with Gasteiger partial charge in [-0.2, -0.15) is 5.10 Å². The summed E-state index contributed by atoms with van der Waals surface area (Å²) in [6.45, 7) is 6.57. The molecular weight excluding hydrogens is 346 g/mol. The van der Waals surface area contributed by atoms with Crippen molar-refractivity contribution < 1.29 is 14.3 Å². The second-order valence-corrected chi connectivity index (χ2v) is 7.97. The number of aromatic nitrogens is 3. The molecule has 0 aliphatic carbocycles. The van der Waals surface area contributed by atoms with Gasteiger partial charge < -0.3 is 9.64 Å². The smallest absolute Gasteiger partial charge is 0.410 e. The van der Waals surface area contributed by atoms with Gasteiger partial charge in [-0.25, -0.2) is 14.5 Å². The first kappa shape index (κ1) is 17.5. The molecule has 0 N–H and O–H groups in total. The predicted molar refractivity (Wildman–Crippen MR) is 97.5 cm³/mol. The Morgan fingerprint density at radius 3 is 2.52 bits per heavy atom. The summed E-state index contributed by atoms with van der Waals surface area (Å²) in [7, 11) is 0. The molecule has 2 bridgehead atoms. The van der Waals surface area contributed by atoms with Crippen molar-refractivity contribution in [2.24, 2.45) is 0 Å². The number of fused-ring (bicyclic) bond motifs is 2. The van der Waals surface area contributed by atoms with E-state index in [-0.39, 0.29) is 24.1 Å². The van der Waals surface area contributed by atoms with Crippen molar-refractivity contribution in [2.45, 2.75) is 44.9 Å². The lowest BCUT2D eigenvalue weighted by Gasteiger charge is -2.55. The Morgan fingerprint density at radius 2 is 1.89 bits per heavy atom. The summed E-state index contributed by atoms with van der Waals surface area (Å²) < 4.78 is 7.08. The van der Waals surface area contributed by atoms with E-state index in [1.165, 1.54) is 0 Å². The van der Waals surface area contributed by atoms with E-state index < -0.39 is 5.60 Å². The highest BCUT2D eigenvalue weighted by atomic mass is 16.6. The molecule has 2 amide bonds. The molecule has 5 rings (SSSR count). The lowest BCUT2D eigenvalue weighted by Crippen LogP contribution is -2.71. The summed E-state index contributed by atoms with van der Waals surface area (Å²) in [5.41, 5.74) is -0.0171. The largest absolute Gasteiger partial charge is 0.444 e. The van der Waals surface area contributed by atoms with Crippen LogP contribution in [0.25, 0.3) is 5.82 Å². The molecule has 0 spiro atoms. The molecule has 3 aliphatic rings. The van der Waals surface area contributed by atoms with Crippen molar-refractivity contribution in [1.29, 1.82) is 0 Å². The summed E-state index contributed by atoms with van der Waals surface area (Å²) in [4.78, 5) is 33.4. The van der Waals surface area contributed by atoms with E-state index in [4.69, 9.17) is 4.74 Å². The molecule has 3 fully saturated rings. The first-order valence-electron chi connectivity index (χ1n) is 9.09. The zero-order chi connectivity index (χ0) is 19.2. The zero-order valence-electron chi connectivity index (χ0n) is 15.7. The fourth-order valence-electron chi connectivity index (χ4n) is 3.70. The molecule has 8 heteroatoms. The Hall–Kier alpha value is -2.90. The van der Waals surface area contributed by atoms with E-state index >= 15 is 0 Å². The third-order valence-corrected chi connectivity index (χ3v) is 4.82. The number of piperazine rings is 1. The lowest BCUT2D eigenvalue weighted by molar-refractivity contribution is -0.0693. The Balaban J connectivity index is 1.49. The van der Waals surface area contributed by atoms with Crippen LogP contribution in [-0.2, 0) is 4.74 Å². The van der Waals surface area contributed by atoms with Gasteiger partial charge in [0.2, 0.25) is 0 Å². The van der Waals surface area contributed by atoms with Crippen LogP contribution in [0, 0.1) is 0 Å². The first-order valence-corrected chi connectivity index (χ1v) is 9.09. The van der Waals surface area contributed by atoms with Crippen molar-refractivity contribution in [2.75, 3.05) is 13.1 Å². The van der Waals surface area contributed by atoms with Gasteiger partial charge >= 0.3 is 6.09 Å². The summed E-state index contributed by atoms with van der Waals surface area (Å²) in [5, 5.41) is 4.18. The number of carbonyl (C=O) groups is 2. The number of rotatable bonds is 2. The van der Waals surface area contributed by atoms with E-state index in [1.54, 1.807) is 51.3 Å². The number of hydrogen-bond acceptors (Lipinski definition) is 5. The Kier molecular flexibility index (Phi) is 4.13. The maximum Gasteiger partial charge on any atom is 0.410 e. The predicted octanol–water partition coefficient (Wildman–Crippen LogP) is 2.10. The molecule has 0 saturated carbocycles. The molecule has 2 atom stereocenters. The third kappa shape index (κ3) is 3.27. The number of pyridine rings is 1. The standard InChI is InChI=1S/C19H23N5O3/c1-19(2,3)27-18(26)24-13-10-14(24)12-22(11-13)17(25)15-6-4-7-20-16(15)23-9-5-8-21-23/h4-9,13-14H,10-12H2,1-3H3. The van der Waals surface area contributed by atoms with E-state index in [0.29, 0.717) is 24.5 Å². The van der Waals surface area contributed by atoms with E-state index in [9.17, 15) is 9.59 Å². The van der Waals surface area contributed by atoms with Crippen molar-refractivity contribution in [3.63, 3.8) is 0 Å². The Labute approximate surface area is 157 Å². The molecule has 8 nitrogen and oxygen atoms in total. The van der Waals surface area contributed by atoms with Gasteiger partial charge in [0.15, 0.2) is 5.82 Å². The van der Waals surface area contributed by atoms with Crippen LogP contribution in [0.2, 0.25) is 0 Å². The topological polar surface area (TPSA) is 80.6 Å². The molecule has 2 aromatic rings. The number of hydrogen-bond donors (Lipinski definition) is 0. The molecule has 142 valence electrons. The monoisotopic (exact) mass is 369 g/mol. The van der Waals surface area contributed by atoms with Gasteiger partial charge in [-0.3, -0.25) is 9.69 Å². The van der Waals surface area contributed by atoms with Crippen molar-refractivity contribution in [1.82, 2.24) is 24.6 Å². The highest BCUT2D eigenvalue weighted by Crippen LogP contribution is 2.34. The van der Waals surface area contributed by atoms with Crippen LogP contribution in [-0.4, -0.2) is 67.3 Å². The van der Waals surface area contributed by atoms with Crippen LogP contribution in [0.15, 0.2) is 36.8 Å². The molecule has 2 aromatic heterocycles. The van der Waals surface area contributed by atoms with Gasteiger partial charge in [0.05, 0.1) is 17.6 Å². The van der Waals surface area contributed by atoms with Crippen LogP contribution in [0.3, 0.4) is 0 Å². The highest BCUT2D eigenvalue weighted by molar-refractivity contribution is 5.97. The maximum atomic E-state index is 13.1. The Bertz CT molecular complexity index is 846. The molecule has 0 aromatic carbocycles. The highest BCUT2D eigenvalue weighted by Gasteiger charge is 2.50. The molecule has 27 heavy (non-hydrogen) atoms. The molecule has 3 aliphatic heterocycles. The zero-order valence-corrected chi connectivity index (χ0v) is 15.7. The number of ether oxygens (including phenoxy) is 1. The third-order valence-electron chi connectivity index (χ3n) is 4.82. The van der Waals surface area contributed by atoms with Crippen LogP contribution in [0.1, 0.15) is 37.6 Å². The van der Waals surface area contributed by atoms with E-state index in [2.05, 4.69) is 10.1 Å². The van der Waals surface area contributed by atoms with Gasteiger partial charge in [0.25, 0.3) is 5.91 Å². The normalized spacial score (nSPS) is 21.6. The molecular formula is C19H23N5O3. The minimum atomic E-state index is -0.523. The molecule has 2 unspecified atom stereocenters. The minimum absolute atomic E-state index is 0.00683. The average molecular weight is 369 g/mol. The van der Waals surface area contributed by atoms with Crippen molar-refractivity contribution >= 4 is 12.0 Å². The van der Waals surface area contributed by atoms with Gasteiger partial charge in [0.1, 0.15) is 5.60 Å². The van der Waals surface area contributed by atoms with Gasteiger partial charge in [0, 0.05) is 31.7 Å². The SMILES string of the molecule is CC(C)(C)OC(=O)N1C2CC1CN(C(=O)c1cccnc1-n1cccn1)C2. The average Bonchev–Trinajstić information content (AvgIpc) is 3.14. The maximum absolute atomic E-state index is 13.1. The summed E-state index contributed by atoms with van der Waals surface area (Å²) in [5.74, 6) is 0.419. The van der Waals surface area contributed by atoms with Crippen LogP contribution in [0.5, 0.6) is 0 Å². The molecule has 5 heterocycles. The van der Waals surface area contributed by atoms with Crippen LogP contribution >= 0.6 is 0 Å². The summed E-state index contributed by atoms with van der Waals surface area (Å²) in [6, 6.07) is 5.31. The second-order valence-electron chi connectivity index (χ2n) is 7.97. The van der Waals surface area contributed by atoms with E-state index in [1.807, 2.05) is 20.8 Å². The second kappa shape index (κ2) is 6.37. The number of amides is 2. The van der Waals surface area contributed by atoms with Gasteiger partial charge in [-0.1, -0.05) is 0 Å². The number of piperidine rings is 1. The van der Waals surface area contributed by atoms with Crippen LogP contribution < -0.4 is 0 Å². The Morgan fingerprint density at radius 1 is 1.15 bits per heavy atom. The van der Waals surface area contributed by atoms with Gasteiger partial charge in [-0.15, -0.1) is 0 Å². The van der Waals surface area contributed by atoms with E-state index in [0.717, 1.165) is 6.42 Å². The number of carbonyl (C=O) groups excluding carboxylic acids is 2. The first-order chi connectivity index (χ1) is 12.8. The van der Waals surface area contributed by atoms with Gasteiger partial charge in [-0.05, 0) is 45.4 Å². The minimum Gasteiger partial charge on any atom is -0.444 e. The quantitative estimate of drug-likeness (QED) is 0.810. The number of nitrogens with zero attached hydrogens (tertiary/aromatic N) is 5. The van der Waals surface area contributed by atoms with Crippen LogP contribution in [0.4, 0.5) is 4.79 Å². The fraction of sp³-hybridized carbons (Fsp3) is 0.474.